The third kappa shape index (κ3) is 3.47. The van der Waals surface area contributed by atoms with E-state index in [0.717, 1.165) is 56.0 Å². The SMILES string of the molecule is Cc1cc(C2CCCN2C(=O)c2cccc(CN3CCCC3)c2)no1. The number of likely N-dealkylation sites (tertiary alicyclic amines) is 2. The standard InChI is InChI=1S/C20H25N3O2/c1-15-12-18(21-25-15)19-8-5-11-23(19)20(24)17-7-4-6-16(13-17)14-22-9-2-3-10-22/h4,6-7,12-13,19H,2-3,5,8-11,14H2,1H3. The van der Waals surface area contributed by atoms with E-state index in [1.54, 1.807) is 0 Å². The Hall–Kier alpha value is -2.14. The van der Waals surface area contributed by atoms with E-state index in [1.165, 1.54) is 18.4 Å². The number of nitrogens with zero attached hydrogens (tertiary/aromatic N) is 3. The number of aromatic nitrogens is 1. The van der Waals surface area contributed by atoms with Crippen LogP contribution >= 0.6 is 0 Å². The summed E-state index contributed by atoms with van der Waals surface area (Å²) in [5, 5.41) is 4.13. The molecule has 0 radical (unpaired) electrons. The molecule has 2 aromatic rings. The number of hydrogen-bond acceptors (Lipinski definition) is 4. The van der Waals surface area contributed by atoms with Crippen molar-refractivity contribution in [3.05, 3.63) is 52.9 Å². The van der Waals surface area contributed by atoms with E-state index in [1.807, 2.05) is 30.0 Å². The minimum Gasteiger partial charge on any atom is -0.361 e. The van der Waals surface area contributed by atoms with Crippen molar-refractivity contribution in [3.63, 3.8) is 0 Å². The Morgan fingerprint density at radius 3 is 2.80 bits per heavy atom. The van der Waals surface area contributed by atoms with E-state index in [4.69, 9.17) is 4.52 Å². The molecule has 1 unspecified atom stereocenters. The summed E-state index contributed by atoms with van der Waals surface area (Å²) >= 11 is 0. The van der Waals surface area contributed by atoms with Crippen molar-refractivity contribution in [3.8, 4) is 0 Å². The summed E-state index contributed by atoms with van der Waals surface area (Å²) in [6.45, 7) is 5.94. The molecule has 0 saturated carbocycles. The highest BCUT2D eigenvalue weighted by atomic mass is 16.5. The number of carbonyl (C=O) groups is 1. The molecule has 0 spiro atoms. The summed E-state index contributed by atoms with van der Waals surface area (Å²) in [6.07, 6.45) is 4.53. The van der Waals surface area contributed by atoms with Crippen LogP contribution in [0.15, 0.2) is 34.9 Å². The number of benzene rings is 1. The maximum atomic E-state index is 13.1. The molecular formula is C20H25N3O2. The first-order valence-electron chi connectivity index (χ1n) is 9.26. The molecule has 1 amide bonds. The van der Waals surface area contributed by atoms with Crippen LogP contribution in [0.25, 0.3) is 0 Å². The highest BCUT2D eigenvalue weighted by Crippen LogP contribution is 2.32. The zero-order valence-electron chi connectivity index (χ0n) is 14.8. The normalized spacial score (nSPS) is 21.2. The van der Waals surface area contributed by atoms with Crippen LogP contribution in [0.3, 0.4) is 0 Å². The van der Waals surface area contributed by atoms with Crippen LogP contribution < -0.4 is 0 Å². The summed E-state index contributed by atoms with van der Waals surface area (Å²) < 4.78 is 5.21. The topological polar surface area (TPSA) is 49.6 Å². The predicted octanol–water partition coefficient (Wildman–Crippen LogP) is 3.56. The Kier molecular flexibility index (Phi) is 4.57. The number of hydrogen-bond donors (Lipinski definition) is 0. The average Bonchev–Trinajstić information content (AvgIpc) is 3.35. The van der Waals surface area contributed by atoms with Gasteiger partial charge in [0.2, 0.25) is 0 Å². The molecule has 0 aliphatic carbocycles. The van der Waals surface area contributed by atoms with Gasteiger partial charge < -0.3 is 9.42 Å². The van der Waals surface area contributed by atoms with Gasteiger partial charge in [0.15, 0.2) is 0 Å². The van der Waals surface area contributed by atoms with Crippen molar-refractivity contribution in [1.29, 1.82) is 0 Å². The highest BCUT2D eigenvalue weighted by Gasteiger charge is 2.32. The van der Waals surface area contributed by atoms with Gasteiger partial charge in [0.25, 0.3) is 5.91 Å². The second kappa shape index (κ2) is 7.00. The number of rotatable bonds is 4. The molecule has 1 aromatic heterocycles. The average molecular weight is 339 g/mol. The lowest BCUT2D eigenvalue weighted by Crippen LogP contribution is -2.30. The van der Waals surface area contributed by atoms with Crippen LogP contribution in [0.2, 0.25) is 0 Å². The smallest absolute Gasteiger partial charge is 0.254 e. The van der Waals surface area contributed by atoms with E-state index in [9.17, 15) is 4.79 Å². The van der Waals surface area contributed by atoms with Gasteiger partial charge >= 0.3 is 0 Å². The summed E-state index contributed by atoms with van der Waals surface area (Å²) in [6, 6.07) is 10.1. The van der Waals surface area contributed by atoms with Crippen molar-refractivity contribution in [2.75, 3.05) is 19.6 Å². The van der Waals surface area contributed by atoms with Gasteiger partial charge in [-0.25, -0.2) is 0 Å². The van der Waals surface area contributed by atoms with Crippen LogP contribution in [-0.4, -0.2) is 40.5 Å². The summed E-state index contributed by atoms with van der Waals surface area (Å²) in [4.78, 5) is 17.5. The molecule has 5 nitrogen and oxygen atoms in total. The van der Waals surface area contributed by atoms with E-state index >= 15 is 0 Å². The van der Waals surface area contributed by atoms with Crippen molar-refractivity contribution < 1.29 is 9.32 Å². The van der Waals surface area contributed by atoms with Gasteiger partial charge in [-0.3, -0.25) is 9.69 Å². The summed E-state index contributed by atoms with van der Waals surface area (Å²) in [5.41, 5.74) is 2.88. The van der Waals surface area contributed by atoms with Crippen LogP contribution in [0, 0.1) is 6.92 Å². The van der Waals surface area contributed by atoms with Crippen molar-refractivity contribution in [2.24, 2.45) is 0 Å². The van der Waals surface area contributed by atoms with Crippen LogP contribution in [-0.2, 0) is 6.54 Å². The second-order valence-electron chi connectivity index (χ2n) is 7.20. The first kappa shape index (κ1) is 16.3. The minimum absolute atomic E-state index is 0.0344. The molecular weight excluding hydrogens is 314 g/mol. The number of carbonyl (C=O) groups excluding carboxylic acids is 1. The fraction of sp³-hybridized carbons (Fsp3) is 0.500. The van der Waals surface area contributed by atoms with Crippen molar-refractivity contribution >= 4 is 5.91 Å². The highest BCUT2D eigenvalue weighted by molar-refractivity contribution is 5.94. The first-order chi connectivity index (χ1) is 12.2. The van der Waals surface area contributed by atoms with Crippen molar-refractivity contribution in [2.45, 2.75) is 45.2 Å². The molecule has 1 aromatic carbocycles. The summed E-state index contributed by atoms with van der Waals surface area (Å²) in [5.74, 6) is 0.897. The third-order valence-corrected chi connectivity index (χ3v) is 5.28. The number of aryl methyl sites for hydroxylation is 1. The van der Waals surface area contributed by atoms with Gasteiger partial charge in [-0.1, -0.05) is 17.3 Å². The van der Waals surface area contributed by atoms with Gasteiger partial charge in [0, 0.05) is 24.7 Å². The third-order valence-electron chi connectivity index (χ3n) is 5.28. The molecule has 25 heavy (non-hydrogen) atoms. The molecule has 0 N–H and O–H groups in total. The van der Waals surface area contributed by atoms with Crippen molar-refractivity contribution in [1.82, 2.24) is 15.0 Å². The monoisotopic (exact) mass is 339 g/mol. The van der Waals surface area contributed by atoms with E-state index in [-0.39, 0.29) is 11.9 Å². The zero-order chi connectivity index (χ0) is 17.2. The molecule has 0 bridgehead atoms. The maximum absolute atomic E-state index is 13.1. The summed E-state index contributed by atoms with van der Waals surface area (Å²) in [7, 11) is 0. The fourth-order valence-electron chi connectivity index (χ4n) is 4.03. The fourth-order valence-corrected chi connectivity index (χ4v) is 4.03. The number of amides is 1. The molecule has 3 heterocycles. The molecule has 5 heteroatoms. The van der Waals surface area contributed by atoms with E-state index in [0.29, 0.717) is 0 Å². The maximum Gasteiger partial charge on any atom is 0.254 e. The lowest BCUT2D eigenvalue weighted by Gasteiger charge is -2.23. The van der Waals surface area contributed by atoms with Gasteiger partial charge in [-0.2, -0.15) is 0 Å². The van der Waals surface area contributed by atoms with Gasteiger partial charge in [0.05, 0.1) is 6.04 Å². The molecule has 2 saturated heterocycles. The van der Waals surface area contributed by atoms with E-state index < -0.39 is 0 Å². The lowest BCUT2D eigenvalue weighted by atomic mass is 10.1. The van der Waals surface area contributed by atoms with Gasteiger partial charge in [0.1, 0.15) is 11.5 Å². The molecule has 2 fully saturated rings. The first-order valence-corrected chi connectivity index (χ1v) is 9.26. The van der Waals surface area contributed by atoms with Crippen LogP contribution in [0.4, 0.5) is 0 Å². The molecule has 132 valence electrons. The quantitative estimate of drug-likeness (QED) is 0.855. The van der Waals surface area contributed by atoms with Crippen LogP contribution in [0.1, 0.15) is 59.1 Å². The Morgan fingerprint density at radius 1 is 1.20 bits per heavy atom. The van der Waals surface area contributed by atoms with Gasteiger partial charge in [-0.15, -0.1) is 0 Å². The Morgan fingerprint density at radius 2 is 2.04 bits per heavy atom. The lowest BCUT2D eigenvalue weighted by molar-refractivity contribution is 0.0730. The predicted molar refractivity (Wildman–Crippen MR) is 95.2 cm³/mol. The van der Waals surface area contributed by atoms with Crippen LogP contribution in [0.5, 0.6) is 0 Å². The molecule has 4 rings (SSSR count). The molecule has 2 aliphatic rings. The zero-order valence-corrected chi connectivity index (χ0v) is 14.8. The largest absolute Gasteiger partial charge is 0.361 e. The Bertz CT molecular complexity index is 749. The molecule has 1 atom stereocenters. The molecule has 2 aliphatic heterocycles. The Labute approximate surface area is 148 Å². The second-order valence-corrected chi connectivity index (χ2v) is 7.20. The van der Waals surface area contributed by atoms with Gasteiger partial charge in [-0.05, 0) is 63.4 Å². The van der Waals surface area contributed by atoms with E-state index in [2.05, 4.69) is 22.2 Å². The Balaban J connectivity index is 1.51. The minimum atomic E-state index is 0.0344.